The van der Waals surface area contributed by atoms with Crippen LogP contribution in [0.2, 0.25) is 0 Å². The zero-order valence-electron chi connectivity index (χ0n) is 9.16. The normalized spacial score (nSPS) is 28.4. The highest BCUT2D eigenvalue weighted by molar-refractivity contribution is 9.10. The van der Waals surface area contributed by atoms with Gasteiger partial charge in [0.1, 0.15) is 4.32 Å². The van der Waals surface area contributed by atoms with Crippen LogP contribution in [0.15, 0.2) is 4.99 Å². The van der Waals surface area contributed by atoms with E-state index in [0.717, 1.165) is 6.42 Å². The van der Waals surface area contributed by atoms with Gasteiger partial charge >= 0.3 is 6.03 Å². The summed E-state index contributed by atoms with van der Waals surface area (Å²) in [6.07, 6.45) is 2.71. The van der Waals surface area contributed by atoms with Gasteiger partial charge in [0.2, 0.25) is 0 Å². The predicted molar refractivity (Wildman–Crippen MR) is 62.4 cm³/mol. The molecule has 0 fully saturated rings. The van der Waals surface area contributed by atoms with Crippen molar-refractivity contribution in [1.29, 1.82) is 0 Å². The SMILES string of the molecule is CCC(C)N1C(=O)N=CC(Br)(CC)C1=O. The molecular formula is C10H15BrN2O2. The monoisotopic (exact) mass is 274 g/mol. The van der Waals surface area contributed by atoms with Crippen molar-refractivity contribution in [3.8, 4) is 0 Å². The van der Waals surface area contributed by atoms with E-state index in [0.29, 0.717) is 6.42 Å². The van der Waals surface area contributed by atoms with Crippen LogP contribution in [0.5, 0.6) is 0 Å². The van der Waals surface area contributed by atoms with E-state index in [9.17, 15) is 9.59 Å². The molecule has 84 valence electrons. The number of urea groups is 1. The number of aliphatic imine (C=N–C) groups is 1. The topological polar surface area (TPSA) is 49.7 Å². The molecule has 3 amide bonds. The lowest BCUT2D eigenvalue weighted by Crippen LogP contribution is -2.54. The number of carbonyl (C=O) groups excluding carboxylic acids is 2. The first-order chi connectivity index (χ1) is 6.96. The fraction of sp³-hybridized carbons (Fsp3) is 0.700. The van der Waals surface area contributed by atoms with E-state index in [-0.39, 0.29) is 11.9 Å². The summed E-state index contributed by atoms with van der Waals surface area (Å²) >= 11 is 3.33. The highest BCUT2D eigenvalue weighted by Gasteiger charge is 2.43. The number of hydrogen-bond acceptors (Lipinski definition) is 2. The highest BCUT2D eigenvalue weighted by Crippen LogP contribution is 2.28. The number of amides is 3. The van der Waals surface area contributed by atoms with Gasteiger partial charge in [-0.25, -0.2) is 9.79 Å². The largest absolute Gasteiger partial charge is 0.350 e. The molecule has 1 rings (SSSR count). The Kier molecular flexibility index (Phi) is 3.65. The first-order valence-corrected chi connectivity index (χ1v) is 5.87. The molecule has 2 atom stereocenters. The quantitative estimate of drug-likeness (QED) is 0.742. The van der Waals surface area contributed by atoms with Gasteiger partial charge < -0.3 is 0 Å². The van der Waals surface area contributed by atoms with Gasteiger partial charge in [0, 0.05) is 12.3 Å². The number of hydrogen-bond donors (Lipinski definition) is 0. The summed E-state index contributed by atoms with van der Waals surface area (Å²) < 4.78 is -0.801. The van der Waals surface area contributed by atoms with Crippen LogP contribution in [-0.2, 0) is 4.79 Å². The van der Waals surface area contributed by atoms with Gasteiger partial charge in [0.15, 0.2) is 0 Å². The van der Waals surface area contributed by atoms with Gasteiger partial charge in [-0.3, -0.25) is 9.69 Å². The Morgan fingerprint density at radius 1 is 1.53 bits per heavy atom. The number of carbonyl (C=O) groups is 2. The summed E-state index contributed by atoms with van der Waals surface area (Å²) in [5, 5.41) is 0. The van der Waals surface area contributed by atoms with Crippen molar-refractivity contribution in [2.45, 2.75) is 44.0 Å². The smallest absolute Gasteiger partial charge is 0.272 e. The van der Waals surface area contributed by atoms with E-state index < -0.39 is 10.4 Å². The molecule has 0 aromatic heterocycles. The average molecular weight is 275 g/mol. The molecule has 1 aliphatic heterocycles. The van der Waals surface area contributed by atoms with Crippen LogP contribution in [0.4, 0.5) is 4.79 Å². The molecule has 0 bridgehead atoms. The number of imide groups is 1. The number of halogens is 1. The van der Waals surface area contributed by atoms with Gasteiger partial charge in [-0.15, -0.1) is 0 Å². The lowest BCUT2D eigenvalue weighted by molar-refractivity contribution is -0.130. The summed E-state index contributed by atoms with van der Waals surface area (Å²) in [6.45, 7) is 5.66. The molecule has 2 unspecified atom stereocenters. The number of rotatable bonds is 3. The van der Waals surface area contributed by atoms with Crippen LogP contribution in [0.25, 0.3) is 0 Å². The molecule has 0 saturated heterocycles. The molecule has 1 aliphatic rings. The standard InChI is InChI=1S/C10H15BrN2O2/c1-4-7(3)13-8(14)10(11,5-2)6-12-9(13)15/h6-7H,4-5H2,1-3H3. The van der Waals surface area contributed by atoms with Gasteiger partial charge in [0.25, 0.3) is 5.91 Å². The average Bonchev–Trinajstić information content (AvgIpc) is 2.24. The van der Waals surface area contributed by atoms with Gasteiger partial charge in [-0.05, 0) is 19.8 Å². The number of alkyl halides is 1. The summed E-state index contributed by atoms with van der Waals surface area (Å²) in [7, 11) is 0. The van der Waals surface area contributed by atoms with Crippen molar-refractivity contribution >= 4 is 34.1 Å². The molecule has 0 aromatic carbocycles. The zero-order valence-corrected chi connectivity index (χ0v) is 10.7. The molecule has 0 spiro atoms. The van der Waals surface area contributed by atoms with Crippen LogP contribution < -0.4 is 0 Å². The van der Waals surface area contributed by atoms with Crippen LogP contribution in [-0.4, -0.2) is 33.4 Å². The molecule has 4 nitrogen and oxygen atoms in total. The molecule has 0 aromatic rings. The minimum atomic E-state index is -0.801. The van der Waals surface area contributed by atoms with Crippen molar-refractivity contribution in [1.82, 2.24) is 4.90 Å². The summed E-state index contributed by atoms with van der Waals surface area (Å²) in [4.78, 5) is 28.5. The molecular weight excluding hydrogens is 260 g/mol. The Bertz CT molecular complexity index is 317. The van der Waals surface area contributed by atoms with E-state index in [1.807, 2.05) is 20.8 Å². The third kappa shape index (κ3) is 2.12. The van der Waals surface area contributed by atoms with Gasteiger partial charge in [-0.2, -0.15) is 0 Å². The van der Waals surface area contributed by atoms with E-state index >= 15 is 0 Å². The van der Waals surface area contributed by atoms with Crippen LogP contribution in [0.1, 0.15) is 33.6 Å². The van der Waals surface area contributed by atoms with E-state index in [4.69, 9.17) is 0 Å². The first-order valence-electron chi connectivity index (χ1n) is 5.08. The Labute approximate surface area is 97.9 Å². The van der Waals surface area contributed by atoms with Crippen molar-refractivity contribution < 1.29 is 9.59 Å². The summed E-state index contributed by atoms with van der Waals surface area (Å²) in [6, 6.07) is -0.566. The molecule has 0 N–H and O–H groups in total. The third-order valence-electron chi connectivity index (χ3n) is 2.71. The first kappa shape index (κ1) is 12.4. The Morgan fingerprint density at radius 2 is 2.13 bits per heavy atom. The fourth-order valence-corrected chi connectivity index (χ4v) is 1.67. The molecule has 0 radical (unpaired) electrons. The lowest BCUT2D eigenvalue weighted by atomic mass is 10.0. The predicted octanol–water partition coefficient (Wildman–Crippen LogP) is 2.36. The number of nitrogens with zero attached hydrogens (tertiary/aromatic N) is 2. The van der Waals surface area contributed by atoms with Gasteiger partial charge in [-0.1, -0.05) is 29.8 Å². The van der Waals surface area contributed by atoms with E-state index in [2.05, 4.69) is 20.9 Å². The fourth-order valence-electron chi connectivity index (χ4n) is 1.38. The zero-order chi connectivity index (χ0) is 11.6. The van der Waals surface area contributed by atoms with E-state index in [1.54, 1.807) is 0 Å². The summed E-state index contributed by atoms with van der Waals surface area (Å²) in [5.74, 6) is -0.209. The minimum Gasteiger partial charge on any atom is -0.272 e. The van der Waals surface area contributed by atoms with Gasteiger partial charge in [0.05, 0.1) is 0 Å². The second-order valence-corrected chi connectivity index (χ2v) is 5.10. The van der Waals surface area contributed by atoms with Crippen molar-refractivity contribution in [2.75, 3.05) is 0 Å². The molecule has 5 heteroatoms. The molecule has 0 aliphatic carbocycles. The maximum absolute atomic E-state index is 12.1. The Morgan fingerprint density at radius 3 is 2.60 bits per heavy atom. The van der Waals surface area contributed by atoms with Crippen LogP contribution in [0.3, 0.4) is 0 Å². The van der Waals surface area contributed by atoms with Crippen molar-refractivity contribution in [3.63, 3.8) is 0 Å². The Balaban J connectivity index is 3.05. The van der Waals surface area contributed by atoms with Crippen LogP contribution in [0, 0.1) is 0 Å². The van der Waals surface area contributed by atoms with Crippen molar-refractivity contribution in [2.24, 2.45) is 4.99 Å². The summed E-state index contributed by atoms with van der Waals surface area (Å²) in [5.41, 5.74) is 0. The Hall–Kier alpha value is -0.710. The van der Waals surface area contributed by atoms with E-state index in [1.165, 1.54) is 11.1 Å². The maximum atomic E-state index is 12.1. The highest BCUT2D eigenvalue weighted by atomic mass is 79.9. The lowest BCUT2D eigenvalue weighted by Gasteiger charge is -2.34. The van der Waals surface area contributed by atoms with Crippen molar-refractivity contribution in [3.05, 3.63) is 0 Å². The van der Waals surface area contributed by atoms with Crippen LogP contribution >= 0.6 is 15.9 Å². The molecule has 15 heavy (non-hydrogen) atoms. The second-order valence-electron chi connectivity index (χ2n) is 3.69. The molecule has 0 saturated carbocycles. The third-order valence-corrected chi connectivity index (χ3v) is 3.81. The minimum absolute atomic E-state index is 0.106. The second kappa shape index (κ2) is 4.43. The molecule has 1 heterocycles. The maximum Gasteiger partial charge on any atom is 0.350 e.